The summed E-state index contributed by atoms with van der Waals surface area (Å²) in [6.07, 6.45) is 0.929. The molecule has 1 unspecified atom stereocenters. The number of carbonyl (C=O) groups is 1. The molecule has 0 fully saturated rings. The van der Waals surface area contributed by atoms with Gasteiger partial charge < -0.3 is 15.4 Å². The average molecular weight is 376 g/mol. The molecular formula is C21H26F2N2O2. The normalized spacial score (nSPS) is 15.3. The molecule has 3 rings (SSSR count). The summed E-state index contributed by atoms with van der Waals surface area (Å²) in [5, 5.41) is 6.27. The van der Waals surface area contributed by atoms with Gasteiger partial charge in [0, 0.05) is 19.5 Å². The van der Waals surface area contributed by atoms with Crippen molar-refractivity contribution in [2.45, 2.75) is 32.9 Å². The van der Waals surface area contributed by atoms with Gasteiger partial charge in [0.1, 0.15) is 11.6 Å². The Balaban J connectivity index is 0.000000244. The molecule has 0 aromatic heterocycles. The van der Waals surface area contributed by atoms with Crippen LogP contribution in [0.1, 0.15) is 36.1 Å². The van der Waals surface area contributed by atoms with Gasteiger partial charge in [-0.3, -0.25) is 4.79 Å². The Labute approximate surface area is 158 Å². The summed E-state index contributed by atoms with van der Waals surface area (Å²) in [5.41, 5.74) is 3.21. The highest BCUT2D eigenvalue weighted by atomic mass is 19.1. The highest BCUT2D eigenvalue weighted by Gasteiger charge is 2.19. The second kappa shape index (κ2) is 10.7. The molecule has 0 aliphatic carbocycles. The van der Waals surface area contributed by atoms with E-state index >= 15 is 0 Å². The number of fused-ring (bicyclic) bond motifs is 1. The molecule has 2 N–H and O–H groups in total. The van der Waals surface area contributed by atoms with Crippen molar-refractivity contribution in [3.8, 4) is 0 Å². The van der Waals surface area contributed by atoms with E-state index in [0.29, 0.717) is 12.2 Å². The number of ether oxygens (including phenoxy) is 1. The summed E-state index contributed by atoms with van der Waals surface area (Å²) in [6, 6.07) is 12.1. The van der Waals surface area contributed by atoms with Crippen LogP contribution in [-0.2, 0) is 16.1 Å². The molecule has 2 aromatic rings. The largest absolute Gasteiger partial charge is 0.375 e. The van der Waals surface area contributed by atoms with Gasteiger partial charge in [-0.25, -0.2) is 8.78 Å². The fourth-order valence-electron chi connectivity index (χ4n) is 2.87. The number of carbonyl (C=O) groups excluding carboxylic acids is 1. The zero-order valence-corrected chi connectivity index (χ0v) is 15.7. The Morgan fingerprint density at radius 1 is 1.15 bits per heavy atom. The number of hydrogen-bond donors (Lipinski definition) is 2. The van der Waals surface area contributed by atoms with Crippen molar-refractivity contribution in [1.29, 1.82) is 0 Å². The van der Waals surface area contributed by atoms with Gasteiger partial charge >= 0.3 is 0 Å². The van der Waals surface area contributed by atoms with Crippen molar-refractivity contribution >= 4 is 5.91 Å². The number of halogens is 2. The van der Waals surface area contributed by atoms with Gasteiger partial charge in [-0.1, -0.05) is 24.3 Å². The summed E-state index contributed by atoms with van der Waals surface area (Å²) in [7, 11) is 0. The molecule has 0 spiro atoms. The third-order valence-corrected chi connectivity index (χ3v) is 4.10. The quantitative estimate of drug-likeness (QED) is 0.784. The Morgan fingerprint density at radius 2 is 1.85 bits per heavy atom. The molecule has 146 valence electrons. The predicted octanol–water partition coefficient (Wildman–Crippen LogP) is 3.65. The van der Waals surface area contributed by atoms with Gasteiger partial charge in [0.15, 0.2) is 0 Å². The van der Waals surface area contributed by atoms with Gasteiger partial charge in [0.25, 0.3) is 0 Å². The lowest BCUT2D eigenvalue weighted by Gasteiger charge is -2.26. The van der Waals surface area contributed by atoms with Crippen LogP contribution in [0.25, 0.3) is 0 Å². The Hall–Kier alpha value is -2.31. The van der Waals surface area contributed by atoms with E-state index in [-0.39, 0.29) is 11.9 Å². The molecule has 6 heteroatoms. The van der Waals surface area contributed by atoms with Crippen LogP contribution in [-0.4, -0.2) is 25.6 Å². The fraction of sp³-hybridized carbons (Fsp3) is 0.381. The lowest BCUT2D eigenvalue weighted by molar-refractivity contribution is -0.118. The van der Waals surface area contributed by atoms with Crippen molar-refractivity contribution in [2.75, 3.05) is 19.7 Å². The smallest absolute Gasteiger partial charge is 0.216 e. The topological polar surface area (TPSA) is 50.4 Å². The van der Waals surface area contributed by atoms with E-state index in [4.69, 9.17) is 4.74 Å². The second-order valence-electron chi connectivity index (χ2n) is 6.50. The second-order valence-corrected chi connectivity index (χ2v) is 6.50. The summed E-state index contributed by atoms with van der Waals surface area (Å²) in [6.45, 7) is 6.21. The van der Waals surface area contributed by atoms with Crippen LogP contribution in [0, 0.1) is 18.6 Å². The minimum atomic E-state index is -0.521. The molecular weight excluding hydrogens is 350 g/mol. The van der Waals surface area contributed by atoms with Crippen LogP contribution in [0.3, 0.4) is 0 Å². The fourth-order valence-corrected chi connectivity index (χ4v) is 2.87. The molecule has 0 saturated heterocycles. The van der Waals surface area contributed by atoms with Crippen molar-refractivity contribution in [2.24, 2.45) is 0 Å². The van der Waals surface area contributed by atoms with Crippen LogP contribution in [0.4, 0.5) is 8.78 Å². The van der Waals surface area contributed by atoms with Crippen LogP contribution in [0.2, 0.25) is 0 Å². The minimum Gasteiger partial charge on any atom is -0.375 e. The van der Waals surface area contributed by atoms with E-state index < -0.39 is 11.6 Å². The van der Waals surface area contributed by atoms with Crippen molar-refractivity contribution in [3.05, 3.63) is 70.8 Å². The molecule has 1 amide bonds. The Kier molecular flexibility index (Phi) is 8.36. The molecule has 0 bridgehead atoms. The van der Waals surface area contributed by atoms with Gasteiger partial charge in [-0.2, -0.15) is 0 Å². The third kappa shape index (κ3) is 7.45. The van der Waals surface area contributed by atoms with Gasteiger partial charge in [-0.15, -0.1) is 0 Å². The van der Waals surface area contributed by atoms with Crippen LogP contribution in [0.5, 0.6) is 0 Å². The number of rotatable bonds is 5. The van der Waals surface area contributed by atoms with Crippen molar-refractivity contribution in [1.82, 2.24) is 10.6 Å². The molecule has 2 aromatic carbocycles. The standard InChI is InChI=1S/C14H20N2O2.C7H6F2/c1-11(17)15-7-4-8-16-14-10-18-9-12-5-2-3-6-13(12)14;1-5-2-6(8)4-7(9)3-5/h2-3,5-6,14,16H,4,7-10H2,1H3,(H,15,17);2-4H,1H3. The van der Waals surface area contributed by atoms with E-state index in [1.54, 1.807) is 13.8 Å². The maximum atomic E-state index is 12.2. The first-order valence-corrected chi connectivity index (χ1v) is 9.02. The van der Waals surface area contributed by atoms with Gasteiger partial charge in [0.05, 0.1) is 19.3 Å². The first kappa shape index (κ1) is 21.0. The summed E-state index contributed by atoms with van der Waals surface area (Å²) >= 11 is 0. The molecule has 0 saturated carbocycles. The molecule has 1 aliphatic rings. The van der Waals surface area contributed by atoms with Crippen molar-refractivity contribution < 1.29 is 18.3 Å². The SMILES string of the molecule is CC(=O)NCCCNC1COCc2ccccc21.Cc1cc(F)cc(F)c1. The molecule has 0 radical (unpaired) electrons. The van der Waals surface area contributed by atoms with Crippen LogP contribution >= 0.6 is 0 Å². The van der Waals surface area contributed by atoms with Crippen LogP contribution in [0.15, 0.2) is 42.5 Å². The summed E-state index contributed by atoms with van der Waals surface area (Å²) < 4.78 is 29.9. The number of aryl methyl sites for hydroxylation is 1. The van der Waals surface area contributed by atoms with E-state index in [1.165, 1.54) is 23.3 Å². The Morgan fingerprint density at radius 3 is 2.52 bits per heavy atom. The monoisotopic (exact) mass is 376 g/mol. The van der Waals surface area contributed by atoms with E-state index in [0.717, 1.165) is 32.2 Å². The third-order valence-electron chi connectivity index (χ3n) is 4.10. The number of benzene rings is 2. The number of nitrogens with one attached hydrogen (secondary N) is 2. The van der Waals surface area contributed by atoms with Gasteiger partial charge in [-0.05, 0) is 48.7 Å². The maximum absolute atomic E-state index is 12.2. The van der Waals surface area contributed by atoms with E-state index in [9.17, 15) is 13.6 Å². The van der Waals surface area contributed by atoms with Crippen LogP contribution < -0.4 is 10.6 Å². The lowest BCUT2D eigenvalue weighted by atomic mass is 9.99. The highest BCUT2D eigenvalue weighted by molar-refractivity contribution is 5.72. The first-order chi connectivity index (χ1) is 13.0. The van der Waals surface area contributed by atoms with Crippen molar-refractivity contribution in [3.63, 3.8) is 0 Å². The number of amides is 1. The predicted molar refractivity (Wildman–Crippen MR) is 101 cm³/mol. The zero-order valence-electron chi connectivity index (χ0n) is 15.7. The average Bonchev–Trinajstić information content (AvgIpc) is 2.60. The summed E-state index contributed by atoms with van der Waals surface area (Å²) in [5.74, 6) is -1.01. The molecule has 4 nitrogen and oxygen atoms in total. The maximum Gasteiger partial charge on any atom is 0.216 e. The molecule has 1 atom stereocenters. The van der Waals surface area contributed by atoms with E-state index in [1.807, 2.05) is 6.07 Å². The van der Waals surface area contributed by atoms with E-state index in [2.05, 4.69) is 28.8 Å². The first-order valence-electron chi connectivity index (χ1n) is 9.02. The zero-order chi connectivity index (χ0) is 19.6. The molecule has 27 heavy (non-hydrogen) atoms. The molecule has 1 aliphatic heterocycles. The summed E-state index contributed by atoms with van der Waals surface area (Å²) in [4.78, 5) is 10.7. The highest BCUT2D eigenvalue weighted by Crippen LogP contribution is 2.24. The molecule has 1 heterocycles. The minimum absolute atomic E-state index is 0.0290. The Bertz CT molecular complexity index is 702. The van der Waals surface area contributed by atoms with Gasteiger partial charge in [0.2, 0.25) is 5.91 Å². The lowest BCUT2D eigenvalue weighted by Crippen LogP contribution is -2.32. The number of hydrogen-bond acceptors (Lipinski definition) is 3.